The number of alkyl carbamates (subject to hydrolysis) is 1. The zero-order valence-corrected chi connectivity index (χ0v) is 18.1. The summed E-state index contributed by atoms with van der Waals surface area (Å²) in [5.74, 6) is -0.209. The van der Waals surface area contributed by atoms with Crippen molar-refractivity contribution in [1.29, 1.82) is 0 Å². The van der Waals surface area contributed by atoms with Gasteiger partial charge in [0.1, 0.15) is 17.9 Å². The van der Waals surface area contributed by atoms with E-state index in [0.29, 0.717) is 17.8 Å². The first-order valence-corrected chi connectivity index (χ1v) is 9.97. The van der Waals surface area contributed by atoms with Crippen molar-refractivity contribution in [2.24, 2.45) is 0 Å². The van der Waals surface area contributed by atoms with Crippen molar-refractivity contribution in [3.05, 3.63) is 66.1 Å². The van der Waals surface area contributed by atoms with Crippen molar-refractivity contribution < 1.29 is 23.8 Å². The normalized spacial score (nSPS) is 12.3. The lowest BCUT2D eigenvalue weighted by molar-refractivity contribution is 0.0482. The van der Waals surface area contributed by atoms with E-state index in [1.807, 2.05) is 30.3 Å². The molecule has 0 radical (unpaired) electrons. The molecule has 8 heteroatoms. The van der Waals surface area contributed by atoms with Crippen LogP contribution >= 0.6 is 0 Å². The van der Waals surface area contributed by atoms with Crippen LogP contribution in [0.5, 0.6) is 5.75 Å². The van der Waals surface area contributed by atoms with E-state index in [4.69, 9.17) is 14.2 Å². The second-order valence-electron chi connectivity index (χ2n) is 8.04. The Labute approximate surface area is 181 Å². The third-order valence-electron chi connectivity index (χ3n) is 4.39. The summed E-state index contributed by atoms with van der Waals surface area (Å²) in [6.45, 7) is 5.53. The van der Waals surface area contributed by atoms with Crippen molar-refractivity contribution in [3.63, 3.8) is 0 Å². The van der Waals surface area contributed by atoms with E-state index in [0.717, 1.165) is 5.56 Å². The van der Waals surface area contributed by atoms with Gasteiger partial charge < -0.3 is 19.5 Å². The molecule has 2 heterocycles. The van der Waals surface area contributed by atoms with Crippen LogP contribution in [0.2, 0.25) is 0 Å². The molecule has 1 aromatic carbocycles. The van der Waals surface area contributed by atoms with Gasteiger partial charge in [0.15, 0.2) is 11.4 Å². The van der Waals surface area contributed by atoms with E-state index in [1.165, 1.54) is 7.11 Å². The number of esters is 1. The number of nitrogens with zero attached hydrogens (tertiary/aromatic N) is 2. The molecule has 0 saturated carbocycles. The maximum Gasteiger partial charge on any atom is 0.408 e. The van der Waals surface area contributed by atoms with Gasteiger partial charge in [-0.3, -0.25) is 4.40 Å². The monoisotopic (exact) mass is 425 g/mol. The molecule has 8 nitrogen and oxygen atoms in total. The Balaban J connectivity index is 1.81. The fourth-order valence-corrected chi connectivity index (χ4v) is 3.10. The van der Waals surface area contributed by atoms with Crippen molar-refractivity contribution in [2.45, 2.75) is 38.8 Å². The highest BCUT2D eigenvalue weighted by Crippen LogP contribution is 2.22. The third-order valence-corrected chi connectivity index (χ3v) is 4.39. The van der Waals surface area contributed by atoms with Crippen LogP contribution in [0.3, 0.4) is 0 Å². The first-order valence-electron chi connectivity index (χ1n) is 9.97. The highest BCUT2D eigenvalue weighted by Gasteiger charge is 2.23. The van der Waals surface area contributed by atoms with Crippen LogP contribution in [0.4, 0.5) is 4.79 Å². The lowest BCUT2D eigenvalue weighted by atomic mass is 10.1. The van der Waals surface area contributed by atoms with Gasteiger partial charge in [-0.1, -0.05) is 30.3 Å². The molecular weight excluding hydrogens is 398 g/mol. The minimum absolute atomic E-state index is 0.123. The van der Waals surface area contributed by atoms with Crippen LogP contribution in [0.25, 0.3) is 5.65 Å². The van der Waals surface area contributed by atoms with Crippen molar-refractivity contribution in [1.82, 2.24) is 14.7 Å². The standard InChI is InChI=1S/C23H27N3O5/c1-23(2,3)31-22(28)25-17(14-16-8-6-5-7-9-16)15-30-18-10-11-19-24-12-13-26(19)20(18)21(27)29-4/h5-13,17H,14-15H2,1-4H3,(H,25,28)/t17-/m1/s1. The van der Waals surface area contributed by atoms with Gasteiger partial charge in [0.2, 0.25) is 0 Å². The number of methoxy groups -OCH3 is 1. The minimum atomic E-state index is -0.618. The number of imidazole rings is 1. The molecule has 0 aliphatic rings. The maximum absolute atomic E-state index is 12.4. The molecule has 3 aromatic rings. The second kappa shape index (κ2) is 9.51. The van der Waals surface area contributed by atoms with Crippen molar-refractivity contribution >= 4 is 17.7 Å². The Morgan fingerprint density at radius 2 is 1.87 bits per heavy atom. The molecule has 1 N–H and O–H groups in total. The average molecular weight is 425 g/mol. The Morgan fingerprint density at radius 3 is 2.55 bits per heavy atom. The molecular formula is C23H27N3O5. The average Bonchev–Trinajstić information content (AvgIpc) is 3.19. The van der Waals surface area contributed by atoms with Crippen molar-refractivity contribution in [3.8, 4) is 5.75 Å². The number of fused-ring (bicyclic) bond motifs is 1. The Bertz CT molecular complexity index is 1040. The van der Waals surface area contributed by atoms with E-state index in [2.05, 4.69) is 10.3 Å². The molecule has 1 atom stereocenters. The Kier molecular flexibility index (Phi) is 6.79. The number of hydrogen-bond donors (Lipinski definition) is 1. The number of hydrogen-bond acceptors (Lipinski definition) is 6. The molecule has 31 heavy (non-hydrogen) atoms. The van der Waals surface area contributed by atoms with Gasteiger partial charge in [0.25, 0.3) is 0 Å². The smallest absolute Gasteiger partial charge is 0.408 e. The summed E-state index contributed by atoms with van der Waals surface area (Å²) in [7, 11) is 1.31. The van der Waals surface area contributed by atoms with E-state index < -0.39 is 17.7 Å². The number of carbonyl (C=O) groups excluding carboxylic acids is 2. The third kappa shape index (κ3) is 5.97. The highest BCUT2D eigenvalue weighted by atomic mass is 16.6. The Hall–Kier alpha value is -3.55. The van der Waals surface area contributed by atoms with Crippen LogP contribution in [0, 0.1) is 0 Å². The zero-order valence-electron chi connectivity index (χ0n) is 18.1. The van der Waals surface area contributed by atoms with Crippen molar-refractivity contribution in [2.75, 3.05) is 13.7 Å². The summed E-state index contributed by atoms with van der Waals surface area (Å²) >= 11 is 0. The zero-order chi connectivity index (χ0) is 22.4. The van der Waals surface area contributed by atoms with Gasteiger partial charge in [-0.25, -0.2) is 14.6 Å². The summed E-state index contributed by atoms with van der Waals surface area (Å²) in [4.78, 5) is 28.9. The quantitative estimate of drug-likeness (QED) is 0.581. The van der Waals surface area contributed by atoms with Crippen LogP contribution < -0.4 is 10.1 Å². The summed E-state index contributed by atoms with van der Waals surface area (Å²) < 4.78 is 17.9. The maximum atomic E-state index is 12.4. The number of pyridine rings is 1. The molecule has 0 bridgehead atoms. The number of ether oxygens (including phenoxy) is 3. The second-order valence-corrected chi connectivity index (χ2v) is 8.04. The first kappa shape index (κ1) is 22.1. The minimum Gasteiger partial charge on any atom is -0.489 e. The van der Waals surface area contributed by atoms with Gasteiger partial charge in [0.05, 0.1) is 13.2 Å². The number of benzene rings is 1. The van der Waals surface area contributed by atoms with E-state index in [9.17, 15) is 9.59 Å². The van der Waals surface area contributed by atoms with Crippen LogP contribution in [-0.4, -0.2) is 46.8 Å². The topological polar surface area (TPSA) is 91.2 Å². The molecule has 2 aromatic heterocycles. The molecule has 1 amide bonds. The van der Waals surface area contributed by atoms with Crippen LogP contribution in [0.1, 0.15) is 36.8 Å². The number of aromatic nitrogens is 2. The largest absolute Gasteiger partial charge is 0.489 e. The molecule has 0 spiro atoms. The molecule has 0 saturated heterocycles. The number of rotatable bonds is 7. The van der Waals surface area contributed by atoms with Gasteiger partial charge in [0, 0.05) is 12.4 Å². The molecule has 0 fully saturated rings. The van der Waals surface area contributed by atoms with Gasteiger partial charge in [-0.15, -0.1) is 0 Å². The summed E-state index contributed by atoms with van der Waals surface area (Å²) in [5, 5.41) is 2.87. The Morgan fingerprint density at radius 1 is 1.13 bits per heavy atom. The highest BCUT2D eigenvalue weighted by molar-refractivity contribution is 5.91. The van der Waals surface area contributed by atoms with E-state index >= 15 is 0 Å². The van der Waals surface area contributed by atoms with Gasteiger partial charge in [-0.05, 0) is 44.9 Å². The molecule has 0 aliphatic heterocycles. The first-order chi connectivity index (χ1) is 14.8. The number of amides is 1. The van der Waals surface area contributed by atoms with Crippen LogP contribution in [-0.2, 0) is 15.9 Å². The van der Waals surface area contributed by atoms with Gasteiger partial charge in [-0.2, -0.15) is 0 Å². The molecule has 0 unspecified atom stereocenters. The number of nitrogens with one attached hydrogen (secondary N) is 1. The predicted octanol–water partition coefficient (Wildman–Crippen LogP) is 3.64. The van der Waals surface area contributed by atoms with Crippen LogP contribution in [0.15, 0.2) is 54.9 Å². The summed E-state index contributed by atoms with van der Waals surface area (Å²) in [6, 6.07) is 12.8. The van der Waals surface area contributed by atoms with Gasteiger partial charge >= 0.3 is 12.1 Å². The molecule has 3 rings (SSSR count). The number of carbonyl (C=O) groups is 2. The lowest BCUT2D eigenvalue weighted by Crippen LogP contribution is -2.43. The predicted molar refractivity (Wildman–Crippen MR) is 115 cm³/mol. The summed E-state index contributed by atoms with van der Waals surface area (Å²) in [5.41, 5.74) is 1.24. The fraction of sp³-hybridized carbons (Fsp3) is 0.348. The summed E-state index contributed by atoms with van der Waals surface area (Å²) in [6.07, 6.45) is 3.25. The lowest BCUT2D eigenvalue weighted by Gasteiger charge is -2.24. The van der Waals surface area contributed by atoms with E-state index in [1.54, 1.807) is 49.7 Å². The fourth-order valence-electron chi connectivity index (χ4n) is 3.10. The van der Waals surface area contributed by atoms with E-state index in [-0.39, 0.29) is 18.3 Å². The molecule has 0 aliphatic carbocycles. The SMILES string of the molecule is COC(=O)c1c(OC[C@@H](Cc2ccccc2)NC(=O)OC(C)(C)C)ccc2nccn12. The molecule has 164 valence electrons.